The maximum atomic E-state index is 10.6. The summed E-state index contributed by atoms with van der Waals surface area (Å²) in [5.41, 5.74) is 1.11. The quantitative estimate of drug-likeness (QED) is 0.484. The van der Waals surface area contributed by atoms with Crippen molar-refractivity contribution in [2.45, 2.75) is 26.1 Å². The van der Waals surface area contributed by atoms with E-state index in [1.807, 2.05) is 61.5 Å². The van der Waals surface area contributed by atoms with Crippen LogP contribution in [0.25, 0.3) is 0 Å². The average Bonchev–Trinajstić information content (AvgIpc) is 3.26. The van der Waals surface area contributed by atoms with Crippen LogP contribution in [0.3, 0.4) is 0 Å². The zero-order valence-corrected chi connectivity index (χ0v) is 17.5. The SMILES string of the molecule is CCOc1cccc(CN(Cc2ccco2)CC(O)COc2ccc(OC)cc2)c1. The molecule has 0 aliphatic rings. The second kappa shape index (κ2) is 11.3. The van der Waals surface area contributed by atoms with Crippen LogP contribution < -0.4 is 14.2 Å². The molecule has 6 nitrogen and oxygen atoms in total. The topological polar surface area (TPSA) is 64.3 Å². The second-order valence-corrected chi connectivity index (χ2v) is 6.97. The van der Waals surface area contributed by atoms with Gasteiger partial charge in [-0.25, -0.2) is 0 Å². The zero-order chi connectivity index (χ0) is 21.2. The van der Waals surface area contributed by atoms with Crippen molar-refractivity contribution in [1.29, 1.82) is 0 Å². The number of aliphatic hydroxyl groups is 1. The molecule has 0 aliphatic heterocycles. The fourth-order valence-corrected chi connectivity index (χ4v) is 3.18. The summed E-state index contributed by atoms with van der Waals surface area (Å²) in [5, 5.41) is 10.6. The van der Waals surface area contributed by atoms with Crippen LogP contribution in [0.1, 0.15) is 18.2 Å². The van der Waals surface area contributed by atoms with E-state index < -0.39 is 6.10 Å². The highest BCUT2D eigenvalue weighted by molar-refractivity contribution is 5.31. The third-order valence-electron chi connectivity index (χ3n) is 4.55. The van der Waals surface area contributed by atoms with Crippen molar-refractivity contribution in [2.24, 2.45) is 0 Å². The summed E-state index contributed by atoms with van der Waals surface area (Å²) < 4.78 is 22.0. The second-order valence-electron chi connectivity index (χ2n) is 6.97. The van der Waals surface area contributed by atoms with Gasteiger partial charge >= 0.3 is 0 Å². The molecule has 0 amide bonds. The fraction of sp³-hybridized carbons (Fsp3) is 0.333. The Kier molecular flexibility index (Phi) is 8.18. The fourth-order valence-electron chi connectivity index (χ4n) is 3.18. The molecule has 3 rings (SSSR count). The molecule has 0 aliphatic carbocycles. The van der Waals surface area contributed by atoms with Crippen molar-refractivity contribution in [2.75, 3.05) is 26.9 Å². The number of nitrogens with zero attached hydrogens (tertiary/aromatic N) is 1. The highest BCUT2D eigenvalue weighted by Gasteiger charge is 2.15. The van der Waals surface area contributed by atoms with Crippen LogP contribution in [-0.2, 0) is 13.1 Å². The minimum absolute atomic E-state index is 0.194. The Morgan fingerprint density at radius 2 is 1.73 bits per heavy atom. The van der Waals surface area contributed by atoms with E-state index in [4.69, 9.17) is 18.6 Å². The number of benzene rings is 2. The summed E-state index contributed by atoms with van der Waals surface area (Å²) in [6, 6.07) is 19.1. The molecule has 1 aromatic heterocycles. The van der Waals surface area contributed by atoms with Gasteiger partial charge in [0.1, 0.15) is 35.7 Å². The monoisotopic (exact) mass is 411 g/mol. The lowest BCUT2D eigenvalue weighted by Crippen LogP contribution is -2.35. The number of hydrogen-bond donors (Lipinski definition) is 1. The summed E-state index contributed by atoms with van der Waals surface area (Å²) in [7, 11) is 1.62. The van der Waals surface area contributed by atoms with E-state index in [1.54, 1.807) is 13.4 Å². The van der Waals surface area contributed by atoms with E-state index in [0.29, 0.717) is 32.0 Å². The predicted molar refractivity (Wildman–Crippen MR) is 115 cm³/mol. The molecule has 0 bridgehead atoms. The number of aliphatic hydroxyl groups excluding tert-OH is 1. The van der Waals surface area contributed by atoms with Gasteiger partial charge in [0.25, 0.3) is 0 Å². The Labute approximate surface area is 177 Å². The van der Waals surface area contributed by atoms with Gasteiger partial charge in [-0.15, -0.1) is 0 Å². The largest absolute Gasteiger partial charge is 0.497 e. The van der Waals surface area contributed by atoms with Crippen molar-refractivity contribution < 1.29 is 23.7 Å². The van der Waals surface area contributed by atoms with Crippen molar-refractivity contribution in [3.63, 3.8) is 0 Å². The molecule has 160 valence electrons. The Bertz CT molecular complexity index is 864. The van der Waals surface area contributed by atoms with Gasteiger partial charge in [-0.3, -0.25) is 4.90 Å². The average molecular weight is 411 g/mol. The van der Waals surface area contributed by atoms with E-state index in [-0.39, 0.29) is 6.61 Å². The summed E-state index contributed by atoms with van der Waals surface area (Å²) in [4.78, 5) is 2.13. The van der Waals surface area contributed by atoms with Crippen molar-refractivity contribution >= 4 is 0 Å². The summed E-state index contributed by atoms with van der Waals surface area (Å²) in [6.07, 6.45) is 1.00. The molecule has 1 N–H and O–H groups in total. The third-order valence-corrected chi connectivity index (χ3v) is 4.55. The van der Waals surface area contributed by atoms with E-state index in [9.17, 15) is 5.11 Å². The molecule has 2 aromatic carbocycles. The molecule has 1 unspecified atom stereocenters. The van der Waals surface area contributed by atoms with Crippen LogP contribution in [0.5, 0.6) is 17.2 Å². The summed E-state index contributed by atoms with van der Waals surface area (Å²) in [6.45, 7) is 4.47. The van der Waals surface area contributed by atoms with E-state index in [2.05, 4.69) is 11.0 Å². The van der Waals surface area contributed by atoms with E-state index in [1.165, 1.54) is 0 Å². The number of ether oxygens (including phenoxy) is 3. The van der Waals surface area contributed by atoms with Gasteiger partial charge in [0.2, 0.25) is 0 Å². The van der Waals surface area contributed by atoms with Crippen LogP contribution >= 0.6 is 0 Å². The Hall–Kier alpha value is -2.96. The molecule has 6 heteroatoms. The van der Waals surface area contributed by atoms with Crippen LogP contribution in [0.4, 0.5) is 0 Å². The molecule has 0 radical (unpaired) electrons. The van der Waals surface area contributed by atoms with Crippen molar-refractivity contribution in [3.8, 4) is 17.2 Å². The van der Waals surface area contributed by atoms with Gasteiger partial charge < -0.3 is 23.7 Å². The van der Waals surface area contributed by atoms with Gasteiger partial charge in [0, 0.05) is 13.1 Å². The Balaban J connectivity index is 1.60. The van der Waals surface area contributed by atoms with Gasteiger partial charge in [-0.05, 0) is 61.0 Å². The van der Waals surface area contributed by atoms with Gasteiger partial charge in [-0.2, -0.15) is 0 Å². The molecule has 0 saturated heterocycles. The third kappa shape index (κ3) is 6.83. The van der Waals surface area contributed by atoms with Crippen molar-refractivity contribution in [3.05, 3.63) is 78.3 Å². The first kappa shape index (κ1) is 21.7. The molecular weight excluding hydrogens is 382 g/mol. The number of methoxy groups -OCH3 is 1. The maximum absolute atomic E-state index is 10.6. The number of hydrogen-bond acceptors (Lipinski definition) is 6. The van der Waals surface area contributed by atoms with Crippen LogP contribution in [0.2, 0.25) is 0 Å². The molecular formula is C24H29NO5. The minimum Gasteiger partial charge on any atom is -0.497 e. The van der Waals surface area contributed by atoms with Crippen LogP contribution in [0, 0.1) is 0 Å². The molecule has 0 saturated carbocycles. The Morgan fingerprint density at radius 1 is 0.933 bits per heavy atom. The lowest BCUT2D eigenvalue weighted by atomic mass is 10.2. The molecule has 1 atom stereocenters. The highest BCUT2D eigenvalue weighted by atomic mass is 16.5. The normalized spacial score (nSPS) is 12.0. The molecule has 30 heavy (non-hydrogen) atoms. The lowest BCUT2D eigenvalue weighted by molar-refractivity contribution is 0.0604. The van der Waals surface area contributed by atoms with Crippen LogP contribution in [-0.4, -0.2) is 43.0 Å². The van der Waals surface area contributed by atoms with E-state index in [0.717, 1.165) is 22.8 Å². The first-order chi connectivity index (χ1) is 14.7. The van der Waals surface area contributed by atoms with E-state index >= 15 is 0 Å². The molecule has 0 fully saturated rings. The molecule has 1 heterocycles. The standard InChI is InChI=1S/C24H29NO5/c1-3-28-23-7-4-6-19(14-23)15-25(17-24-8-5-13-29-24)16-20(26)18-30-22-11-9-21(27-2)10-12-22/h4-14,20,26H,3,15-18H2,1-2H3. The lowest BCUT2D eigenvalue weighted by Gasteiger charge is -2.24. The number of rotatable bonds is 12. The summed E-state index contributed by atoms with van der Waals surface area (Å²) >= 11 is 0. The van der Waals surface area contributed by atoms with Gasteiger partial charge in [0.15, 0.2) is 0 Å². The minimum atomic E-state index is -0.655. The van der Waals surface area contributed by atoms with Gasteiger partial charge in [0.05, 0.1) is 26.5 Å². The number of furan rings is 1. The van der Waals surface area contributed by atoms with Gasteiger partial charge in [-0.1, -0.05) is 12.1 Å². The zero-order valence-electron chi connectivity index (χ0n) is 17.5. The maximum Gasteiger partial charge on any atom is 0.119 e. The van der Waals surface area contributed by atoms with Crippen LogP contribution in [0.15, 0.2) is 71.3 Å². The first-order valence-corrected chi connectivity index (χ1v) is 10.1. The first-order valence-electron chi connectivity index (χ1n) is 10.1. The van der Waals surface area contributed by atoms with Crippen molar-refractivity contribution in [1.82, 2.24) is 4.90 Å². The summed E-state index contributed by atoms with van der Waals surface area (Å²) in [5.74, 6) is 3.15. The highest BCUT2D eigenvalue weighted by Crippen LogP contribution is 2.19. The Morgan fingerprint density at radius 3 is 2.43 bits per heavy atom. The molecule has 3 aromatic rings. The predicted octanol–water partition coefficient (Wildman–Crippen LogP) is 4.13. The molecule has 0 spiro atoms. The smallest absolute Gasteiger partial charge is 0.119 e.